The molecule has 11 heavy (non-hydrogen) atoms. The Morgan fingerprint density at radius 1 is 1.64 bits per heavy atom. The average Bonchev–Trinajstić information content (AvgIpc) is 1.80. The minimum Gasteiger partial charge on any atom is -0.292 e. The molecule has 0 aliphatic heterocycles. The van der Waals surface area contributed by atoms with E-state index >= 15 is 0 Å². The summed E-state index contributed by atoms with van der Waals surface area (Å²) in [6.07, 6.45) is 0. The van der Waals surface area contributed by atoms with Gasteiger partial charge in [0.15, 0.2) is 5.78 Å². The Kier molecular flexibility index (Phi) is 3.37. The largest absolute Gasteiger partial charge is 0.397 e. The van der Waals surface area contributed by atoms with Crippen LogP contribution in [0.2, 0.25) is 0 Å². The molecule has 0 aromatic carbocycles. The van der Waals surface area contributed by atoms with Crippen molar-refractivity contribution in [2.75, 3.05) is 6.61 Å². The summed E-state index contributed by atoms with van der Waals surface area (Å²) in [5, 5.41) is 0. The van der Waals surface area contributed by atoms with Crippen molar-refractivity contribution in [2.45, 2.75) is 6.92 Å². The van der Waals surface area contributed by atoms with Crippen LogP contribution in [-0.4, -0.2) is 25.4 Å². The molecular formula is C5H8O5S. The number of ketones is 1. The summed E-state index contributed by atoms with van der Waals surface area (Å²) in [7, 11) is -4.51. The van der Waals surface area contributed by atoms with Crippen molar-refractivity contribution in [2.24, 2.45) is 0 Å². The van der Waals surface area contributed by atoms with Gasteiger partial charge in [-0.05, 0) is 12.5 Å². The molecule has 0 atom stereocenters. The highest BCUT2D eigenvalue weighted by Crippen LogP contribution is 1.93. The van der Waals surface area contributed by atoms with Gasteiger partial charge < -0.3 is 0 Å². The van der Waals surface area contributed by atoms with Crippen molar-refractivity contribution >= 4 is 16.2 Å². The molecular weight excluding hydrogens is 172 g/mol. The lowest BCUT2D eigenvalue weighted by Crippen LogP contribution is -2.13. The minimum absolute atomic E-state index is 0.175. The zero-order valence-corrected chi connectivity index (χ0v) is 6.72. The van der Waals surface area contributed by atoms with Crippen molar-refractivity contribution in [3.8, 4) is 0 Å². The molecule has 0 fully saturated rings. The lowest BCUT2D eigenvalue weighted by atomic mass is 10.2. The molecule has 6 heteroatoms. The van der Waals surface area contributed by atoms with Gasteiger partial charge in [-0.25, -0.2) is 4.18 Å². The van der Waals surface area contributed by atoms with E-state index in [0.717, 1.165) is 0 Å². The van der Waals surface area contributed by atoms with Gasteiger partial charge in [-0.2, -0.15) is 8.42 Å². The Balaban J connectivity index is 3.92. The Hall–Kier alpha value is -0.720. The van der Waals surface area contributed by atoms with E-state index in [1.54, 1.807) is 0 Å². The van der Waals surface area contributed by atoms with Crippen LogP contribution in [0.3, 0.4) is 0 Å². The van der Waals surface area contributed by atoms with E-state index in [2.05, 4.69) is 10.8 Å². The van der Waals surface area contributed by atoms with Crippen LogP contribution >= 0.6 is 0 Å². The molecule has 5 nitrogen and oxygen atoms in total. The Morgan fingerprint density at radius 3 is 2.36 bits per heavy atom. The van der Waals surface area contributed by atoms with Gasteiger partial charge in [0.25, 0.3) is 0 Å². The fraction of sp³-hybridized carbons (Fsp3) is 0.400. The molecule has 0 aromatic rings. The molecule has 0 aliphatic rings. The highest BCUT2D eigenvalue weighted by atomic mass is 32.3. The molecule has 0 spiro atoms. The van der Waals surface area contributed by atoms with Crippen LogP contribution in [0.25, 0.3) is 0 Å². The number of hydrogen-bond donors (Lipinski definition) is 1. The summed E-state index contributed by atoms with van der Waals surface area (Å²) in [4.78, 5) is 10.6. The highest BCUT2D eigenvalue weighted by molar-refractivity contribution is 7.80. The maximum atomic E-state index is 10.6. The van der Waals surface area contributed by atoms with Crippen LogP contribution in [0.5, 0.6) is 0 Å². The van der Waals surface area contributed by atoms with E-state index in [0.29, 0.717) is 0 Å². The number of carbonyl (C=O) groups is 1. The summed E-state index contributed by atoms with van der Waals surface area (Å²) >= 11 is 0. The van der Waals surface area contributed by atoms with Gasteiger partial charge in [-0.1, -0.05) is 6.58 Å². The smallest absolute Gasteiger partial charge is 0.292 e. The first kappa shape index (κ1) is 10.3. The predicted molar refractivity (Wildman–Crippen MR) is 37.3 cm³/mol. The average molecular weight is 180 g/mol. The van der Waals surface area contributed by atoms with Crippen molar-refractivity contribution in [3.63, 3.8) is 0 Å². The Bertz CT molecular complexity index is 263. The number of hydrogen-bond acceptors (Lipinski definition) is 4. The first-order chi connectivity index (χ1) is 4.83. The lowest BCUT2D eigenvalue weighted by molar-refractivity contribution is -0.117. The zero-order chi connectivity index (χ0) is 9.07. The van der Waals surface area contributed by atoms with E-state index in [1.165, 1.54) is 6.92 Å². The summed E-state index contributed by atoms with van der Waals surface area (Å²) in [6.45, 7) is 3.96. The molecule has 0 aliphatic carbocycles. The number of Topliss-reactive ketones (excluding diaryl/α,β-unsaturated/α-hetero) is 1. The lowest BCUT2D eigenvalue weighted by Gasteiger charge is -1.97. The standard InChI is InChI=1S/C5H8O5S/c1-4(2)5(6)3-10-11(7,8)9/h1,3H2,2H3,(H,7,8,9). The van der Waals surface area contributed by atoms with E-state index in [1.807, 2.05) is 0 Å². The summed E-state index contributed by atoms with van der Waals surface area (Å²) < 4.78 is 31.6. The second kappa shape index (κ2) is 3.61. The third-order valence-corrected chi connectivity index (χ3v) is 1.23. The van der Waals surface area contributed by atoms with Crippen LogP contribution in [0.4, 0.5) is 0 Å². The molecule has 0 amide bonds. The van der Waals surface area contributed by atoms with Crippen LogP contribution < -0.4 is 0 Å². The van der Waals surface area contributed by atoms with Gasteiger partial charge in [0, 0.05) is 0 Å². The second-order valence-corrected chi connectivity index (χ2v) is 2.98. The SMILES string of the molecule is C=C(C)C(=O)COS(=O)(=O)O. The van der Waals surface area contributed by atoms with Gasteiger partial charge in [0.2, 0.25) is 0 Å². The fourth-order valence-corrected chi connectivity index (χ4v) is 0.507. The van der Waals surface area contributed by atoms with Crippen molar-refractivity contribution < 1.29 is 21.9 Å². The van der Waals surface area contributed by atoms with Crippen LogP contribution in [0.1, 0.15) is 6.92 Å². The van der Waals surface area contributed by atoms with Crippen molar-refractivity contribution in [1.29, 1.82) is 0 Å². The molecule has 0 saturated heterocycles. The van der Waals surface area contributed by atoms with Gasteiger partial charge >= 0.3 is 10.4 Å². The van der Waals surface area contributed by atoms with E-state index in [4.69, 9.17) is 4.55 Å². The molecule has 0 bridgehead atoms. The quantitative estimate of drug-likeness (QED) is 0.484. The van der Waals surface area contributed by atoms with Crippen LogP contribution in [0.15, 0.2) is 12.2 Å². The molecule has 64 valence electrons. The molecule has 0 rings (SSSR count). The maximum Gasteiger partial charge on any atom is 0.397 e. The van der Waals surface area contributed by atoms with Crippen molar-refractivity contribution in [1.82, 2.24) is 0 Å². The summed E-state index contributed by atoms with van der Waals surface area (Å²) in [5.74, 6) is -0.567. The topological polar surface area (TPSA) is 80.7 Å². The normalized spacial score (nSPS) is 11.1. The first-order valence-electron chi connectivity index (χ1n) is 2.63. The van der Waals surface area contributed by atoms with Gasteiger partial charge in [-0.3, -0.25) is 9.35 Å². The molecule has 0 saturated carbocycles. The molecule has 0 aromatic heterocycles. The predicted octanol–water partition coefficient (Wildman–Crippen LogP) is -0.0490. The molecule has 0 unspecified atom stereocenters. The Morgan fingerprint density at radius 2 is 2.09 bits per heavy atom. The minimum atomic E-state index is -4.51. The highest BCUT2D eigenvalue weighted by Gasteiger charge is 2.09. The fourth-order valence-electron chi connectivity index (χ4n) is 0.251. The molecule has 0 heterocycles. The Labute approximate surface area is 64.6 Å². The second-order valence-electron chi connectivity index (χ2n) is 1.89. The maximum absolute atomic E-state index is 10.6. The van der Waals surface area contributed by atoms with Gasteiger partial charge in [0.05, 0.1) is 0 Å². The van der Waals surface area contributed by atoms with Crippen LogP contribution in [-0.2, 0) is 19.4 Å². The summed E-state index contributed by atoms with van der Waals surface area (Å²) in [5.41, 5.74) is 0.175. The molecule has 0 radical (unpaired) electrons. The van der Waals surface area contributed by atoms with Crippen LogP contribution in [0, 0.1) is 0 Å². The van der Waals surface area contributed by atoms with E-state index < -0.39 is 22.8 Å². The van der Waals surface area contributed by atoms with Crippen molar-refractivity contribution in [3.05, 3.63) is 12.2 Å². The number of rotatable bonds is 4. The van der Waals surface area contributed by atoms with Gasteiger partial charge in [-0.15, -0.1) is 0 Å². The first-order valence-corrected chi connectivity index (χ1v) is 4.00. The van der Waals surface area contributed by atoms with E-state index in [9.17, 15) is 13.2 Å². The molecule has 1 N–H and O–H groups in total. The van der Waals surface area contributed by atoms with E-state index in [-0.39, 0.29) is 5.57 Å². The third-order valence-electron chi connectivity index (χ3n) is 0.815. The summed E-state index contributed by atoms with van der Waals surface area (Å²) in [6, 6.07) is 0. The third kappa shape index (κ3) is 5.71. The number of carbonyl (C=O) groups excluding carboxylic acids is 1. The zero-order valence-electron chi connectivity index (χ0n) is 5.90. The van der Waals surface area contributed by atoms with Gasteiger partial charge in [0.1, 0.15) is 6.61 Å². The monoisotopic (exact) mass is 180 g/mol.